The summed E-state index contributed by atoms with van der Waals surface area (Å²) in [6.45, 7) is 0. The van der Waals surface area contributed by atoms with Gasteiger partial charge in [0.15, 0.2) is 5.43 Å². The van der Waals surface area contributed by atoms with Gasteiger partial charge in [-0.3, -0.25) is 9.20 Å². The molecule has 0 saturated heterocycles. The minimum atomic E-state index is -0.157. The highest BCUT2D eigenvalue weighted by Gasteiger charge is 2.18. The lowest BCUT2D eigenvalue weighted by Crippen LogP contribution is -2.02. The zero-order chi connectivity index (χ0) is 14.8. The van der Waals surface area contributed by atoms with Crippen molar-refractivity contribution in [1.29, 1.82) is 0 Å². The first-order valence-corrected chi connectivity index (χ1v) is 7.16. The lowest BCUT2D eigenvalue weighted by Gasteiger charge is -2.09. The SMILES string of the molecule is O=c1cccc2c1c(O)n1c3ccccc3c3cccc2c31. The molecule has 0 aliphatic rings. The zero-order valence-corrected chi connectivity index (χ0v) is 11.6. The molecule has 0 fully saturated rings. The monoisotopic (exact) mass is 285 g/mol. The second-order valence-corrected chi connectivity index (χ2v) is 5.56. The Hall–Kier alpha value is -3.07. The van der Waals surface area contributed by atoms with Crippen LogP contribution in [0.5, 0.6) is 5.88 Å². The molecule has 3 heteroatoms. The second kappa shape index (κ2) is 3.77. The van der Waals surface area contributed by atoms with E-state index in [1.807, 2.05) is 42.5 Å². The number of para-hydroxylation sites is 2. The highest BCUT2D eigenvalue weighted by atomic mass is 16.3. The molecule has 0 atom stereocenters. The standard InChI is InChI=1S/C19H11NO2/c21-16-10-4-6-12-14-8-3-7-13-11-5-1-2-9-15(11)20(18(13)14)19(22)17(12)16/h1-10,22H. The Labute approximate surface area is 125 Å². The lowest BCUT2D eigenvalue weighted by atomic mass is 10.0. The number of benzene rings is 3. The summed E-state index contributed by atoms with van der Waals surface area (Å²) in [5.41, 5.74) is 1.71. The Balaban J connectivity index is 2.32. The van der Waals surface area contributed by atoms with Gasteiger partial charge in [0.2, 0.25) is 5.88 Å². The molecule has 0 aliphatic carbocycles. The smallest absolute Gasteiger partial charge is 0.208 e. The Bertz CT molecular complexity index is 1250. The van der Waals surface area contributed by atoms with Crippen molar-refractivity contribution in [3.05, 3.63) is 70.9 Å². The first kappa shape index (κ1) is 11.6. The maximum absolute atomic E-state index is 12.3. The maximum atomic E-state index is 12.3. The predicted octanol–water partition coefficient (Wildman–Crippen LogP) is 3.90. The zero-order valence-electron chi connectivity index (χ0n) is 11.6. The molecule has 1 N–H and O–H groups in total. The van der Waals surface area contributed by atoms with Crippen molar-refractivity contribution in [2.75, 3.05) is 0 Å². The van der Waals surface area contributed by atoms with E-state index in [0.29, 0.717) is 5.39 Å². The Morgan fingerprint density at radius 2 is 1.36 bits per heavy atom. The summed E-state index contributed by atoms with van der Waals surface area (Å²) in [4.78, 5) is 12.3. The maximum Gasteiger partial charge on any atom is 0.208 e. The topological polar surface area (TPSA) is 41.7 Å². The molecule has 104 valence electrons. The van der Waals surface area contributed by atoms with Gasteiger partial charge < -0.3 is 5.11 Å². The highest BCUT2D eigenvalue weighted by Crippen LogP contribution is 2.39. The van der Waals surface area contributed by atoms with Crippen molar-refractivity contribution in [2.24, 2.45) is 0 Å². The Morgan fingerprint density at radius 3 is 2.23 bits per heavy atom. The number of rotatable bonds is 0. The van der Waals surface area contributed by atoms with E-state index in [4.69, 9.17) is 0 Å². The number of aromatic nitrogens is 1. The van der Waals surface area contributed by atoms with E-state index in [-0.39, 0.29) is 11.3 Å². The van der Waals surface area contributed by atoms with E-state index in [1.54, 1.807) is 10.5 Å². The van der Waals surface area contributed by atoms with E-state index in [0.717, 1.165) is 32.6 Å². The van der Waals surface area contributed by atoms with E-state index in [9.17, 15) is 9.90 Å². The quantitative estimate of drug-likeness (QED) is 0.438. The molecule has 0 aliphatic heterocycles. The molecule has 2 aromatic heterocycles. The van der Waals surface area contributed by atoms with Crippen LogP contribution in [0.1, 0.15) is 0 Å². The predicted molar refractivity (Wildman–Crippen MR) is 89.0 cm³/mol. The van der Waals surface area contributed by atoms with Gasteiger partial charge in [0.05, 0.1) is 16.4 Å². The fourth-order valence-electron chi connectivity index (χ4n) is 3.55. The fourth-order valence-corrected chi connectivity index (χ4v) is 3.55. The third kappa shape index (κ3) is 1.20. The number of hydrogen-bond acceptors (Lipinski definition) is 2. The number of nitrogens with zero attached hydrogens (tertiary/aromatic N) is 1. The van der Waals surface area contributed by atoms with Gasteiger partial charge >= 0.3 is 0 Å². The van der Waals surface area contributed by atoms with Crippen LogP contribution in [-0.4, -0.2) is 9.51 Å². The van der Waals surface area contributed by atoms with Crippen molar-refractivity contribution in [1.82, 2.24) is 4.40 Å². The summed E-state index contributed by atoms with van der Waals surface area (Å²) in [5, 5.41) is 15.1. The van der Waals surface area contributed by atoms with E-state index < -0.39 is 0 Å². The van der Waals surface area contributed by atoms with E-state index in [1.165, 1.54) is 6.07 Å². The Morgan fingerprint density at radius 1 is 0.727 bits per heavy atom. The summed E-state index contributed by atoms with van der Waals surface area (Å²) in [5.74, 6) is 0.0190. The number of pyridine rings is 1. The molecule has 0 bridgehead atoms. The average molecular weight is 285 g/mol. The van der Waals surface area contributed by atoms with Crippen LogP contribution in [0.15, 0.2) is 65.5 Å². The normalized spacial score (nSPS) is 12.0. The van der Waals surface area contributed by atoms with Crippen molar-refractivity contribution in [3.8, 4) is 5.88 Å². The summed E-state index contributed by atoms with van der Waals surface area (Å²) in [6, 6.07) is 19.1. The van der Waals surface area contributed by atoms with Crippen molar-refractivity contribution >= 4 is 38.0 Å². The van der Waals surface area contributed by atoms with Gasteiger partial charge in [0, 0.05) is 21.5 Å². The van der Waals surface area contributed by atoms with Crippen LogP contribution >= 0.6 is 0 Å². The number of hydrogen-bond donors (Lipinski definition) is 1. The average Bonchev–Trinajstić information content (AvgIpc) is 2.88. The summed E-state index contributed by atoms with van der Waals surface area (Å²) >= 11 is 0. The molecule has 0 unspecified atom stereocenters. The third-order valence-electron chi connectivity index (χ3n) is 4.45. The van der Waals surface area contributed by atoms with Gasteiger partial charge in [0.25, 0.3) is 0 Å². The van der Waals surface area contributed by atoms with Crippen LogP contribution in [0, 0.1) is 0 Å². The molecule has 0 radical (unpaired) electrons. The molecule has 0 saturated carbocycles. The molecule has 3 nitrogen and oxygen atoms in total. The molecular weight excluding hydrogens is 274 g/mol. The summed E-state index contributed by atoms with van der Waals surface area (Å²) in [7, 11) is 0. The van der Waals surface area contributed by atoms with Gasteiger partial charge in [-0.05, 0) is 12.1 Å². The van der Waals surface area contributed by atoms with Gasteiger partial charge in [-0.15, -0.1) is 0 Å². The Kier molecular flexibility index (Phi) is 1.98. The summed E-state index contributed by atoms with van der Waals surface area (Å²) in [6.07, 6.45) is 0. The highest BCUT2D eigenvalue weighted by molar-refractivity contribution is 6.21. The van der Waals surface area contributed by atoms with Gasteiger partial charge in [-0.25, -0.2) is 0 Å². The molecule has 2 heterocycles. The minimum absolute atomic E-state index is 0.0190. The first-order valence-electron chi connectivity index (χ1n) is 7.16. The molecule has 0 spiro atoms. The van der Waals surface area contributed by atoms with Gasteiger partial charge in [-0.2, -0.15) is 0 Å². The number of fused-ring (bicyclic) bond motifs is 5. The van der Waals surface area contributed by atoms with Gasteiger partial charge in [-0.1, -0.05) is 48.5 Å². The van der Waals surface area contributed by atoms with Crippen LogP contribution in [-0.2, 0) is 0 Å². The fraction of sp³-hybridized carbons (Fsp3) is 0. The molecule has 3 aromatic carbocycles. The first-order chi connectivity index (χ1) is 10.8. The van der Waals surface area contributed by atoms with Crippen LogP contribution in [0.2, 0.25) is 0 Å². The molecular formula is C19H11NO2. The lowest BCUT2D eigenvalue weighted by molar-refractivity contribution is 0.455. The van der Waals surface area contributed by atoms with Crippen LogP contribution in [0.25, 0.3) is 38.0 Å². The minimum Gasteiger partial charge on any atom is -0.494 e. The molecule has 5 rings (SSSR count). The number of aromatic hydroxyl groups is 1. The van der Waals surface area contributed by atoms with Gasteiger partial charge in [0.1, 0.15) is 0 Å². The van der Waals surface area contributed by atoms with Crippen LogP contribution in [0.3, 0.4) is 0 Å². The van der Waals surface area contributed by atoms with Crippen molar-refractivity contribution in [3.63, 3.8) is 0 Å². The van der Waals surface area contributed by atoms with Crippen molar-refractivity contribution in [2.45, 2.75) is 0 Å². The van der Waals surface area contributed by atoms with Crippen molar-refractivity contribution < 1.29 is 5.11 Å². The van der Waals surface area contributed by atoms with Crippen LogP contribution < -0.4 is 5.43 Å². The molecule has 0 amide bonds. The van der Waals surface area contributed by atoms with E-state index in [2.05, 4.69) is 6.07 Å². The van der Waals surface area contributed by atoms with Crippen LogP contribution in [0.4, 0.5) is 0 Å². The molecule has 22 heavy (non-hydrogen) atoms. The van der Waals surface area contributed by atoms with E-state index >= 15 is 0 Å². The largest absolute Gasteiger partial charge is 0.494 e. The molecule has 5 aromatic rings. The second-order valence-electron chi connectivity index (χ2n) is 5.56. The third-order valence-corrected chi connectivity index (χ3v) is 4.45. The summed E-state index contributed by atoms with van der Waals surface area (Å²) < 4.78 is 1.80.